The molecule has 0 N–H and O–H groups in total. The van der Waals surface area contributed by atoms with Crippen molar-refractivity contribution in [2.75, 3.05) is 18.5 Å². The van der Waals surface area contributed by atoms with Gasteiger partial charge in [-0.15, -0.1) is 0 Å². The van der Waals surface area contributed by atoms with Gasteiger partial charge in [-0.1, -0.05) is 34.7 Å². The van der Waals surface area contributed by atoms with E-state index in [9.17, 15) is 0 Å². The summed E-state index contributed by atoms with van der Waals surface area (Å²) in [5.41, 5.74) is 0.743. The maximum absolute atomic E-state index is 5.60. The zero-order valence-corrected chi connectivity index (χ0v) is 13.6. The molecule has 1 aromatic heterocycles. The predicted molar refractivity (Wildman–Crippen MR) is 85.8 cm³/mol. The van der Waals surface area contributed by atoms with Crippen LogP contribution in [0.15, 0.2) is 18.6 Å². The second-order valence-corrected chi connectivity index (χ2v) is 5.36. The van der Waals surface area contributed by atoms with Crippen LogP contribution in [-0.2, 0) is 4.74 Å². The molecule has 1 rings (SSSR count). The van der Waals surface area contributed by atoms with Crippen LogP contribution in [0.2, 0.25) is 0 Å². The molecule has 0 saturated carbocycles. The molecule has 3 nitrogen and oxygen atoms in total. The molecule has 0 radical (unpaired) electrons. The van der Waals surface area contributed by atoms with Crippen molar-refractivity contribution in [2.24, 2.45) is 0 Å². The first-order valence-electron chi connectivity index (χ1n) is 7.32. The van der Waals surface area contributed by atoms with E-state index in [1.807, 2.05) is 0 Å². The molecule has 0 aliphatic carbocycles. The van der Waals surface area contributed by atoms with Crippen molar-refractivity contribution in [1.29, 1.82) is 0 Å². The molecule has 0 aliphatic rings. The molecule has 0 fully saturated rings. The standard InChI is InChI=1S/C16H23BrN2O/c17-10-6-2-4-8-14-20-13-7-3-1-5-9-16-15-18-11-12-19-16/h11-12,15H,1-4,6-8,10,13-14H2. The minimum absolute atomic E-state index is 0.743. The van der Waals surface area contributed by atoms with Gasteiger partial charge in [-0.25, -0.2) is 4.98 Å². The monoisotopic (exact) mass is 338 g/mol. The maximum Gasteiger partial charge on any atom is 0.131 e. The zero-order valence-electron chi connectivity index (χ0n) is 12.0. The van der Waals surface area contributed by atoms with Crippen molar-refractivity contribution in [3.63, 3.8) is 0 Å². The van der Waals surface area contributed by atoms with Crippen molar-refractivity contribution in [2.45, 2.75) is 44.9 Å². The zero-order chi connectivity index (χ0) is 14.3. The predicted octanol–water partition coefficient (Wildman–Crippen LogP) is 3.97. The van der Waals surface area contributed by atoms with Gasteiger partial charge in [-0.3, -0.25) is 4.98 Å². The van der Waals surface area contributed by atoms with Gasteiger partial charge in [0.05, 0.1) is 6.20 Å². The molecule has 0 spiro atoms. The number of nitrogens with zero attached hydrogens (tertiary/aromatic N) is 2. The summed E-state index contributed by atoms with van der Waals surface area (Å²) in [4.78, 5) is 8.08. The molecule has 0 aliphatic heterocycles. The van der Waals surface area contributed by atoms with Crippen LogP contribution in [0.4, 0.5) is 0 Å². The first-order valence-corrected chi connectivity index (χ1v) is 8.44. The Bertz CT molecular complexity index is 386. The lowest BCUT2D eigenvalue weighted by Crippen LogP contribution is -1.97. The van der Waals surface area contributed by atoms with Gasteiger partial charge in [-0.2, -0.15) is 0 Å². The molecule has 1 aromatic rings. The summed E-state index contributed by atoms with van der Waals surface area (Å²) in [6, 6.07) is 0. The van der Waals surface area contributed by atoms with Crippen LogP contribution < -0.4 is 0 Å². The largest absolute Gasteiger partial charge is 0.381 e. The van der Waals surface area contributed by atoms with Crippen LogP contribution in [0.1, 0.15) is 50.6 Å². The van der Waals surface area contributed by atoms with Gasteiger partial charge in [0.15, 0.2) is 0 Å². The third-order valence-electron chi connectivity index (χ3n) is 2.79. The fourth-order valence-electron chi connectivity index (χ4n) is 1.69. The molecule has 0 unspecified atom stereocenters. The third kappa shape index (κ3) is 9.94. The number of hydrogen-bond donors (Lipinski definition) is 0. The summed E-state index contributed by atoms with van der Waals surface area (Å²) in [6.07, 6.45) is 13.1. The Labute approximate surface area is 130 Å². The summed E-state index contributed by atoms with van der Waals surface area (Å²) in [5, 5.41) is 1.11. The normalized spacial score (nSPS) is 10.1. The van der Waals surface area contributed by atoms with E-state index >= 15 is 0 Å². The van der Waals surface area contributed by atoms with Gasteiger partial charge in [0.25, 0.3) is 0 Å². The van der Waals surface area contributed by atoms with E-state index in [4.69, 9.17) is 4.74 Å². The lowest BCUT2D eigenvalue weighted by molar-refractivity contribution is 0.126. The first kappa shape index (κ1) is 17.1. The van der Waals surface area contributed by atoms with E-state index in [2.05, 4.69) is 37.7 Å². The Balaban J connectivity index is 1.87. The van der Waals surface area contributed by atoms with Crippen molar-refractivity contribution in [1.82, 2.24) is 9.97 Å². The molecule has 0 amide bonds. The molecule has 0 saturated heterocycles. The van der Waals surface area contributed by atoms with E-state index in [0.717, 1.165) is 43.5 Å². The van der Waals surface area contributed by atoms with E-state index in [0.29, 0.717) is 0 Å². The second-order valence-electron chi connectivity index (χ2n) is 4.57. The lowest BCUT2D eigenvalue weighted by Gasteiger charge is -2.02. The molecular weight excluding hydrogens is 316 g/mol. The fraction of sp³-hybridized carbons (Fsp3) is 0.625. The summed E-state index contributed by atoms with van der Waals surface area (Å²) < 4.78 is 5.60. The topological polar surface area (TPSA) is 35.0 Å². The molecule has 0 aromatic carbocycles. The van der Waals surface area contributed by atoms with Crippen LogP contribution in [0, 0.1) is 11.8 Å². The number of halogens is 1. The Morgan fingerprint density at radius 2 is 1.80 bits per heavy atom. The minimum Gasteiger partial charge on any atom is -0.381 e. The van der Waals surface area contributed by atoms with Crippen LogP contribution >= 0.6 is 15.9 Å². The van der Waals surface area contributed by atoms with Crippen LogP contribution in [-0.4, -0.2) is 28.5 Å². The molecule has 110 valence electrons. The average Bonchev–Trinajstić information content (AvgIpc) is 2.49. The van der Waals surface area contributed by atoms with Crippen LogP contribution in [0.5, 0.6) is 0 Å². The Hall–Kier alpha value is -0.920. The van der Waals surface area contributed by atoms with E-state index in [1.165, 1.54) is 25.7 Å². The Morgan fingerprint density at radius 3 is 2.55 bits per heavy atom. The highest BCUT2D eigenvalue weighted by Gasteiger charge is 1.91. The average molecular weight is 339 g/mol. The highest BCUT2D eigenvalue weighted by atomic mass is 79.9. The lowest BCUT2D eigenvalue weighted by atomic mass is 10.2. The van der Waals surface area contributed by atoms with Gasteiger partial charge < -0.3 is 4.74 Å². The fourth-order valence-corrected chi connectivity index (χ4v) is 2.08. The van der Waals surface area contributed by atoms with Gasteiger partial charge in [0, 0.05) is 37.4 Å². The van der Waals surface area contributed by atoms with E-state index in [1.54, 1.807) is 18.6 Å². The van der Waals surface area contributed by atoms with Crippen LogP contribution in [0.3, 0.4) is 0 Å². The highest BCUT2D eigenvalue weighted by molar-refractivity contribution is 9.09. The van der Waals surface area contributed by atoms with E-state index in [-0.39, 0.29) is 0 Å². The van der Waals surface area contributed by atoms with Gasteiger partial charge in [0.2, 0.25) is 0 Å². The second kappa shape index (κ2) is 13.1. The molecule has 1 heterocycles. The van der Waals surface area contributed by atoms with Gasteiger partial charge in [0.1, 0.15) is 5.69 Å². The number of ether oxygens (including phenoxy) is 1. The maximum atomic E-state index is 5.60. The Morgan fingerprint density at radius 1 is 1.00 bits per heavy atom. The highest BCUT2D eigenvalue weighted by Crippen LogP contribution is 2.02. The smallest absolute Gasteiger partial charge is 0.131 e. The molecule has 0 atom stereocenters. The number of hydrogen-bond acceptors (Lipinski definition) is 3. The Kier molecular flexibility index (Phi) is 11.2. The number of alkyl halides is 1. The summed E-state index contributed by atoms with van der Waals surface area (Å²) in [7, 11) is 0. The summed E-state index contributed by atoms with van der Waals surface area (Å²) in [5.74, 6) is 6.12. The first-order chi connectivity index (χ1) is 9.93. The van der Waals surface area contributed by atoms with Crippen molar-refractivity contribution >= 4 is 15.9 Å². The number of aromatic nitrogens is 2. The van der Waals surface area contributed by atoms with Gasteiger partial charge in [-0.05, 0) is 31.6 Å². The summed E-state index contributed by atoms with van der Waals surface area (Å²) in [6.45, 7) is 1.75. The molecule has 4 heteroatoms. The van der Waals surface area contributed by atoms with Gasteiger partial charge >= 0.3 is 0 Å². The number of rotatable bonds is 10. The summed E-state index contributed by atoms with van der Waals surface area (Å²) >= 11 is 3.44. The SMILES string of the molecule is BrCCCCCCOCCCCC#Cc1cnccn1. The number of unbranched alkanes of at least 4 members (excludes halogenated alkanes) is 5. The van der Waals surface area contributed by atoms with Crippen LogP contribution in [0.25, 0.3) is 0 Å². The third-order valence-corrected chi connectivity index (χ3v) is 3.35. The van der Waals surface area contributed by atoms with Crippen molar-refractivity contribution in [3.8, 4) is 11.8 Å². The molecule has 20 heavy (non-hydrogen) atoms. The van der Waals surface area contributed by atoms with Crippen molar-refractivity contribution in [3.05, 3.63) is 24.3 Å². The van der Waals surface area contributed by atoms with E-state index < -0.39 is 0 Å². The molecule has 0 bridgehead atoms. The van der Waals surface area contributed by atoms with Crippen molar-refractivity contribution < 1.29 is 4.74 Å². The quantitative estimate of drug-likeness (QED) is 0.368. The molecular formula is C16H23BrN2O. The minimum atomic E-state index is 0.743.